The van der Waals surface area contributed by atoms with E-state index in [1.54, 1.807) is 0 Å². The van der Waals surface area contributed by atoms with E-state index in [0.717, 1.165) is 47.0 Å². The predicted octanol–water partition coefficient (Wildman–Crippen LogP) is 4.10. The number of hydrogen-bond acceptors (Lipinski definition) is 5. The van der Waals surface area contributed by atoms with Crippen molar-refractivity contribution in [3.63, 3.8) is 0 Å². The van der Waals surface area contributed by atoms with Gasteiger partial charge >= 0.3 is 0 Å². The van der Waals surface area contributed by atoms with Gasteiger partial charge in [0.2, 0.25) is 5.91 Å². The Balaban J connectivity index is 1.25. The Hall–Kier alpha value is -2.28. The number of halogens is 1. The fourth-order valence-corrected chi connectivity index (χ4v) is 4.54. The number of alkyl halides is 1. The number of hydrogen-bond donors (Lipinski definition) is 2. The molecule has 1 amide bonds. The van der Waals surface area contributed by atoms with Crippen molar-refractivity contribution in [1.82, 2.24) is 4.98 Å². The van der Waals surface area contributed by atoms with Gasteiger partial charge in [0, 0.05) is 28.3 Å². The van der Waals surface area contributed by atoms with Gasteiger partial charge in [0.05, 0.1) is 13.1 Å². The van der Waals surface area contributed by atoms with Crippen molar-refractivity contribution in [3.05, 3.63) is 36.4 Å². The Kier molecular flexibility index (Phi) is 4.23. The molecule has 5 nitrogen and oxygen atoms in total. The van der Waals surface area contributed by atoms with Gasteiger partial charge in [-0.1, -0.05) is 11.8 Å². The molecule has 2 saturated carbocycles. The first-order valence-electron chi connectivity index (χ1n) is 9.79. The number of carbonyl (C=O) groups is 1. The second-order valence-corrected chi connectivity index (χ2v) is 9.24. The summed E-state index contributed by atoms with van der Waals surface area (Å²) in [4.78, 5) is 19.3. The minimum Gasteiger partial charge on any atom is -0.384 e. The van der Waals surface area contributed by atoms with Crippen LogP contribution in [-0.2, 0) is 4.79 Å². The Morgan fingerprint density at radius 2 is 1.89 bits per heavy atom. The molecule has 0 bridgehead atoms. The van der Waals surface area contributed by atoms with Crippen molar-refractivity contribution in [2.75, 3.05) is 29.0 Å². The number of anilines is 3. The Bertz CT molecular complexity index is 905. The standard InChI is InChI=1S/C21H23FN4OS/c22-21(14-3-4-14)11-26(12-21)16-9-18(23)25-19(10-16)28-17-7-5-15(6-8-17)24-20(27)13-1-2-13/h5-10,13-14H,1-4,11-12H2,(H2,23,25)(H,24,27). The highest BCUT2D eigenvalue weighted by atomic mass is 32.2. The number of nitrogens with zero attached hydrogens (tertiary/aromatic N) is 2. The van der Waals surface area contributed by atoms with Crippen LogP contribution in [0, 0.1) is 11.8 Å². The van der Waals surface area contributed by atoms with Crippen LogP contribution < -0.4 is 16.0 Å². The van der Waals surface area contributed by atoms with E-state index >= 15 is 0 Å². The van der Waals surface area contributed by atoms with E-state index in [9.17, 15) is 9.18 Å². The lowest BCUT2D eigenvalue weighted by Gasteiger charge is -2.46. The number of nitrogen functional groups attached to an aromatic ring is 1. The van der Waals surface area contributed by atoms with Crippen LogP contribution in [0.4, 0.5) is 21.6 Å². The Morgan fingerprint density at radius 3 is 2.54 bits per heavy atom. The van der Waals surface area contributed by atoms with Gasteiger partial charge in [-0.15, -0.1) is 0 Å². The summed E-state index contributed by atoms with van der Waals surface area (Å²) in [6.07, 6.45) is 4.01. The van der Waals surface area contributed by atoms with Crippen molar-refractivity contribution in [1.29, 1.82) is 0 Å². The lowest BCUT2D eigenvalue weighted by Crippen LogP contribution is -2.60. The van der Waals surface area contributed by atoms with Crippen molar-refractivity contribution in [2.45, 2.75) is 41.3 Å². The van der Waals surface area contributed by atoms with Crippen molar-refractivity contribution >= 4 is 34.9 Å². The summed E-state index contributed by atoms with van der Waals surface area (Å²) >= 11 is 1.51. The van der Waals surface area contributed by atoms with Crippen LogP contribution >= 0.6 is 11.8 Å². The van der Waals surface area contributed by atoms with E-state index in [2.05, 4.69) is 10.3 Å². The second-order valence-electron chi connectivity index (χ2n) is 8.14. The quantitative estimate of drug-likeness (QED) is 0.767. The van der Waals surface area contributed by atoms with Crippen LogP contribution in [0.2, 0.25) is 0 Å². The first-order chi connectivity index (χ1) is 13.5. The fourth-order valence-electron chi connectivity index (χ4n) is 3.69. The smallest absolute Gasteiger partial charge is 0.227 e. The molecule has 3 fully saturated rings. The van der Waals surface area contributed by atoms with Crippen molar-refractivity contribution < 1.29 is 9.18 Å². The summed E-state index contributed by atoms with van der Waals surface area (Å²) in [5.74, 6) is 0.979. The van der Waals surface area contributed by atoms with Gasteiger partial charge in [0.1, 0.15) is 16.5 Å². The highest BCUT2D eigenvalue weighted by molar-refractivity contribution is 7.99. The van der Waals surface area contributed by atoms with Crippen LogP contribution in [0.25, 0.3) is 0 Å². The number of nitrogens with one attached hydrogen (secondary N) is 1. The molecule has 1 aromatic carbocycles. The largest absolute Gasteiger partial charge is 0.384 e. The molecule has 7 heteroatoms. The van der Waals surface area contributed by atoms with Gasteiger partial charge in [0.25, 0.3) is 0 Å². The minimum atomic E-state index is -1.02. The van der Waals surface area contributed by atoms with Crippen LogP contribution in [0.3, 0.4) is 0 Å². The van der Waals surface area contributed by atoms with Gasteiger partial charge in [-0.25, -0.2) is 9.37 Å². The average molecular weight is 399 g/mol. The molecular formula is C21H23FN4OS. The third-order valence-corrected chi connectivity index (χ3v) is 6.61. The van der Waals surface area contributed by atoms with Gasteiger partial charge < -0.3 is 16.0 Å². The third kappa shape index (κ3) is 3.68. The molecule has 2 heterocycles. The number of nitrogens with two attached hydrogens (primary N) is 1. The molecule has 28 heavy (non-hydrogen) atoms. The van der Waals surface area contributed by atoms with E-state index in [-0.39, 0.29) is 17.7 Å². The van der Waals surface area contributed by atoms with E-state index in [0.29, 0.717) is 18.9 Å². The zero-order valence-electron chi connectivity index (χ0n) is 15.5. The second kappa shape index (κ2) is 6.65. The lowest BCUT2D eigenvalue weighted by atomic mass is 9.90. The zero-order valence-corrected chi connectivity index (χ0v) is 16.3. The lowest BCUT2D eigenvalue weighted by molar-refractivity contribution is -0.117. The average Bonchev–Trinajstić information content (AvgIpc) is 3.53. The van der Waals surface area contributed by atoms with Crippen LogP contribution in [0.1, 0.15) is 25.7 Å². The molecule has 2 aliphatic carbocycles. The van der Waals surface area contributed by atoms with E-state index in [1.807, 2.05) is 41.3 Å². The molecule has 0 radical (unpaired) electrons. The normalized spacial score (nSPS) is 20.5. The number of amides is 1. The zero-order chi connectivity index (χ0) is 19.3. The highest BCUT2D eigenvalue weighted by Crippen LogP contribution is 2.48. The van der Waals surface area contributed by atoms with Crippen LogP contribution in [0.5, 0.6) is 0 Å². The van der Waals surface area contributed by atoms with E-state index < -0.39 is 5.67 Å². The summed E-state index contributed by atoms with van der Waals surface area (Å²) in [5.41, 5.74) is 6.70. The fraction of sp³-hybridized carbons (Fsp3) is 0.429. The molecule has 2 aromatic rings. The Morgan fingerprint density at radius 1 is 1.18 bits per heavy atom. The molecule has 5 rings (SSSR count). The molecule has 3 aliphatic rings. The molecule has 0 atom stereocenters. The maximum absolute atomic E-state index is 14.6. The predicted molar refractivity (Wildman–Crippen MR) is 109 cm³/mol. The van der Waals surface area contributed by atoms with Crippen molar-refractivity contribution in [3.8, 4) is 0 Å². The van der Waals surface area contributed by atoms with Crippen molar-refractivity contribution in [2.24, 2.45) is 11.8 Å². The number of aromatic nitrogens is 1. The molecular weight excluding hydrogens is 375 g/mol. The maximum atomic E-state index is 14.6. The molecule has 1 aromatic heterocycles. The first kappa shape index (κ1) is 17.8. The summed E-state index contributed by atoms with van der Waals surface area (Å²) < 4.78 is 14.6. The summed E-state index contributed by atoms with van der Waals surface area (Å²) in [6, 6.07) is 11.5. The highest BCUT2D eigenvalue weighted by Gasteiger charge is 2.54. The van der Waals surface area contributed by atoms with E-state index in [4.69, 9.17) is 5.73 Å². The van der Waals surface area contributed by atoms with Gasteiger partial charge in [-0.3, -0.25) is 4.79 Å². The first-order valence-corrected chi connectivity index (χ1v) is 10.6. The van der Waals surface area contributed by atoms with Gasteiger partial charge in [0.15, 0.2) is 0 Å². The molecule has 3 N–H and O–H groups in total. The number of carbonyl (C=O) groups excluding carboxylic acids is 1. The van der Waals surface area contributed by atoms with Crippen LogP contribution in [0.15, 0.2) is 46.3 Å². The summed E-state index contributed by atoms with van der Waals surface area (Å²) in [5, 5.41) is 3.72. The Labute approximate surface area is 167 Å². The monoisotopic (exact) mass is 398 g/mol. The molecule has 146 valence electrons. The SMILES string of the molecule is Nc1cc(N2CC(F)(C3CC3)C2)cc(Sc2ccc(NC(=O)C3CC3)cc2)n1. The molecule has 1 saturated heterocycles. The van der Waals surface area contributed by atoms with E-state index in [1.165, 1.54) is 11.8 Å². The van der Waals surface area contributed by atoms with Crippen LogP contribution in [-0.4, -0.2) is 29.6 Å². The summed E-state index contributed by atoms with van der Waals surface area (Å²) in [6.45, 7) is 0.890. The number of benzene rings is 1. The number of pyridine rings is 1. The molecule has 0 spiro atoms. The number of rotatable bonds is 6. The molecule has 0 unspecified atom stereocenters. The maximum Gasteiger partial charge on any atom is 0.227 e. The molecule has 1 aliphatic heterocycles. The summed E-state index contributed by atoms with van der Waals surface area (Å²) in [7, 11) is 0. The van der Waals surface area contributed by atoms with Gasteiger partial charge in [-0.2, -0.15) is 0 Å². The topological polar surface area (TPSA) is 71.2 Å². The minimum absolute atomic E-state index is 0.104. The third-order valence-electron chi connectivity index (χ3n) is 5.68. The van der Waals surface area contributed by atoms with Gasteiger partial charge in [-0.05, 0) is 61.9 Å².